The molecule has 0 aromatic rings. The van der Waals surface area contributed by atoms with Gasteiger partial charge in [-0.1, -0.05) is 33.1 Å². The van der Waals surface area contributed by atoms with E-state index in [0.29, 0.717) is 0 Å². The molecular weight excluding hydrogens is 124 g/mol. The van der Waals surface area contributed by atoms with E-state index in [2.05, 4.69) is 6.92 Å². The first-order valence-electron chi connectivity index (χ1n) is 4.34. The third kappa shape index (κ3) is 4.80. The summed E-state index contributed by atoms with van der Waals surface area (Å²) in [5.41, 5.74) is -0.408. The second-order valence-corrected chi connectivity index (χ2v) is 3.31. The molecule has 0 saturated carbocycles. The van der Waals surface area contributed by atoms with Gasteiger partial charge < -0.3 is 5.11 Å². The van der Waals surface area contributed by atoms with E-state index in [9.17, 15) is 5.11 Å². The molecule has 0 fully saturated rings. The summed E-state index contributed by atoms with van der Waals surface area (Å²) in [5, 5.41) is 9.55. The van der Waals surface area contributed by atoms with Crippen molar-refractivity contribution in [2.75, 3.05) is 0 Å². The lowest BCUT2D eigenvalue weighted by Gasteiger charge is -2.20. The fourth-order valence-electron chi connectivity index (χ4n) is 0.933. The fourth-order valence-corrected chi connectivity index (χ4v) is 0.933. The summed E-state index contributed by atoms with van der Waals surface area (Å²) in [6.07, 6.45) is 5.47. The number of unbranched alkanes of at least 4 members (excludes halogenated alkanes) is 2. The molecule has 0 aliphatic rings. The van der Waals surface area contributed by atoms with Crippen LogP contribution in [0.15, 0.2) is 0 Å². The van der Waals surface area contributed by atoms with Crippen LogP contribution in [0, 0.1) is 0 Å². The highest BCUT2D eigenvalue weighted by atomic mass is 16.3. The monoisotopic (exact) mass is 144 g/mol. The summed E-state index contributed by atoms with van der Waals surface area (Å²) in [6, 6.07) is 0. The van der Waals surface area contributed by atoms with E-state index in [1.165, 1.54) is 12.8 Å². The summed E-state index contributed by atoms with van der Waals surface area (Å²) < 4.78 is 0. The maximum atomic E-state index is 9.55. The number of hydrogen-bond donors (Lipinski definition) is 1. The molecule has 0 heterocycles. The van der Waals surface area contributed by atoms with E-state index < -0.39 is 5.60 Å². The van der Waals surface area contributed by atoms with Crippen LogP contribution in [0.3, 0.4) is 0 Å². The van der Waals surface area contributed by atoms with Gasteiger partial charge in [0.1, 0.15) is 0 Å². The molecular formula is C9H20O. The van der Waals surface area contributed by atoms with Crippen LogP contribution in [0.5, 0.6) is 0 Å². The van der Waals surface area contributed by atoms with Crippen molar-refractivity contribution in [2.45, 2.75) is 58.5 Å². The summed E-state index contributed by atoms with van der Waals surface area (Å²) in [4.78, 5) is 0. The first-order chi connectivity index (χ1) is 4.62. The van der Waals surface area contributed by atoms with Gasteiger partial charge in [-0.25, -0.2) is 0 Å². The Balaban J connectivity index is 3.28. The zero-order chi connectivity index (χ0) is 8.04. The molecule has 1 unspecified atom stereocenters. The Morgan fingerprint density at radius 1 is 1.20 bits per heavy atom. The minimum atomic E-state index is -0.408. The van der Waals surface area contributed by atoms with Crippen LogP contribution in [-0.4, -0.2) is 10.7 Å². The van der Waals surface area contributed by atoms with Gasteiger partial charge in [0, 0.05) is 0 Å². The highest BCUT2D eigenvalue weighted by Crippen LogP contribution is 2.17. The van der Waals surface area contributed by atoms with E-state index in [0.717, 1.165) is 19.3 Å². The van der Waals surface area contributed by atoms with Crippen molar-refractivity contribution in [3.63, 3.8) is 0 Å². The molecule has 0 aliphatic heterocycles. The van der Waals surface area contributed by atoms with Gasteiger partial charge >= 0.3 is 0 Å². The van der Waals surface area contributed by atoms with Crippen molar-refractivity contribution in [3.8, 4) is 0 Å². The van der Waals surface area contributed by atoms with Crippen molar-refractivity contribution in [3.05, 3.63) is 0 Å². The highest BCUT2D eigenvalue weighted by Gasteiger charge is 2.15. The first kappa shape index (κ1) is 9.96. The van der Waals surface area contributed by atoms with Gasteiger partial charge in [-0.2, -0.15) is 0 Å². The highest BCUT2D eigenvalue weighted by molar-refractivity contribution is 4.69. The van der Waals surface area contributed by atoms with E-state index in [1.54, 1.807) is 0 Å². The van der Waals surface area contributed by atoms with E-state index >= 15 is 0 Å². The Morgan fingerprint density at radius 3 is 2.20 bits per heavy atom. The Kier molecular flexibility index (Phi) is 4.71. The molecule has 0 amide bonds. The van der Waals surface area contributed by atoms with Crippen LogP contribution in [0.25, 0.3) is 0 Å². The molecule has 0 radical (unpaired) electrons. The largest absolute Gasteiger partial charge is 0.390 e. The second-order valence-electron chi connectivity index (χ2n) is 3.31. The average Bonchev–Trinajstić information content (AvgIpc) is 1.89. The Morgan fingerprint density at radius 2 is 1.80 bits per heavy atom. The standard InChI is InChI=1S/C9H20O/c1-4-6-7-8-9(3,10)5-2/h10H,4-8H2,1-3H3. The molecule has 62 valence electrons. The quantitative estimate of drug-likeness (QED) is 0.588. The summed E-state index contributed by atoms with van der Waals surface area (Å²) in [7, 11) is 0. The molecule has 0 saturated heterocycles. The predicted molar refractivity (Wildman–Crippen MR) is 45.1 cm³/mol. The van der Waals surface area contributed by atoms with E-state index in [1.807, 2.05) is 13.8 Å². The van der Waals surface area contributed by atoms with Gasteiger partial charge in [-0.05, 0) is 19.8 Å². The Labute approximate surface area is 64.5 Å². The second kappa shape index (κ2) is 4.73. The molecule has 0 spiro atoms. The summed E-state index contributed by atoms with van der Waals surface area (Å²) in [5.74, 6) is 0. The molecule has 1 atom stereocenters. The van der Waals surface area contributed by atoms with E-state index in [-0.39, 0.29) is 0 Å². The number of rotatable bonds is 5. The number of hydrogen-bond acceptors (Lipinski definition) is 1. The lowest BCUT2D eigenvalue weighted by molar-refractivity contribution is 0.0444. The third-order valence-corrected chi connectivity index (χ3v) is 2.08. The van der Waals surface area contributed by atoms with Crippen molar-refractivity contribution in [1.29, 1.82) is 0 Å². The van der Waals surface area contributed by atoms with Crippen molar-refractivity contribution in [2.24, 2.45) is 0 Å². The third-order valence-electron chi connectivity index (χ3n) is 2.08. The van der Waals surface area contributed by atoms with Crippen LogP contribution in [-0.2, 0) is 0 Å². The van der Waals surface area contributed by atoms with Crippen molar-refractivity contribution >= 4 is 0 Å². The van der Waals surface area contributed by atoms with Crippen molar-refractivity contribution in [1.82, 2.24) is 0 Å². The molecule has 1 nitrogen and oxygen atoms in total. The van der Waals surface area contributed by atoms with E-state index in [4.69, 9.17) is 0 Å². The minimum Gasteiger partial charge on any atom is -0.390 e. The Hall–Kier alpha value is -0.0400. The van der Waals surface area contributed by atoms with Gasteiger partial charge in [0.25, 0.3) is 0 Å². The SMILES string of the molecule is CCCCCC(C)(O)CC. The molecule has 0 rings (SSSR count). The fraction of sp³-hybridized carbons (Fsp3) is 1.00. The molecule has 0 aromatic heterocycles. The van der Waals surface area contributed by atoms with Gasteiger partial charge in [-0.3, -0.25) is 0 Å². The van der Waals surface area contributed by atoms with Gasteiger partial charge in [-0.15, -0.1) is 0 Å². The molecule has 10 heavy (non-hydrogen) atoms. The predicted octanol–water partition coefficient (Wildman–Crippen LogP) is 2.73. The average molecular weight is 144 g/mol. The molecule has 0 bridgehead atoms. The van der Waals surface area contributed by atoms with Gasteiger partial charge in [0.2, 0.25) is 0 Å². The van der Waals surface area contributed by atoms with Crippen LogP contribution in [0.2, 0.25) is 0 Å². The zero-order valence-corrected chi connectivity index (χ0v) is 7.48. The van der Waals surface area contributed by atoms with Gasteiger partial charge in [0.05, 0.1) is 5.60 Å². The van der Waals surface area contributed by atoms with Gasteiger partial charge in [0.15, 0.2) is 0 Å². The van der Waals surface area contributed by atoms with Crippen LogP contribution in [0.4, 0.5) is 0 Å². The lowest BCUT2D eigenvalue weighted by atomic mass is 9.96. The molecule has 1 N–H and O–H groups in total. The maximum absolute atomic E-state index is 9.55. The Bertz CT molecular complexity index is 76.8. The topological polar surface area (TPSA) is 20.2 Å². The lowest BCUT2D eigenvalue weighted by Crippen LogP contribution is -2.22. The molecule has 0 aliphatic carbocycles. The maximum Gasteiger partial charge on any atom is 0.0617 e. The summed E-state index contributed by atoms with van der Waals surface area (Å²) in [6.45, 7) is 6.13. The normalized spacial score (nSPS) is 16.8. The smallest absolute Gasteiger partial charge is 0.0617 e. The zero-order valence-electron chi connectivity index (χ0n) is 7.48. The summed E-state index contributed by atoms with van der Waals surface area (Å²) >= 11 is 0. The van der Waals surface area contributed by atoms with Crippen LogP contribution >= 0.6 is 0 Å². The van der Waals surface area contributed by atoms with Crippen LogP contribution in [0.1, 0.15) is 52.9 Å². The first-order valence-corrected chi connectivity index (χ1v) is 4.34. The minimum absolute atomic E-state index is 0.408. The van der Waals surface area contributed by atoms with Crippen LogP contribution < -0.4 is 0 Å². The number of aliphatic hydroxyl groups is 1. The molecule has 1 heteroatoms. The van der Waals surface area contributed by atoms with Crippen molar-refractivity contribution < 1.29 is 5.11 Å². The molecule has 0 aromatic carbocycles.